The van der Waals surface area contributed by atoms with E-state index in [0.29, 0.717) is 12.0 Å². The molecule has 1 aliphatic heterocycles. The first kappa shape index (κ1) is 17.0. The average molecular weight is 270 g/mol. The van der Waals surface area contributed by atoms with Gasteiger partial charge in [0.1, 0.15) is 0 Å². The largest absolute Gasteiger partial charge is 0.352 e. The smallest absolute Gasteiger partial charge is 0.157 e. The standard InChI is InChI=1S/C17H34O2/c1-4-7-8-9-10-11-13-17-18-14-15(6-3)16(19-17)12-5-2/h15-17H,4-14H2,1-3H3/t15-,16+,17-/m1/s1. The summed E-state index contributed by atoms with van der Waals surface area (Å²) in [5.74, 6) is 0.612. The summed E-state index contributed by atoms with van der Waals surface area (Å²) in [5.41, 5.74) is 0. The minimum Gasteiger partial charge on any atom is -0.352 e. The molecule has 0 saturated carbocycles. The van der Waals surface area contributed by atoms with Crippen LogP contribution < -0.4 is 0 Å². The molecule has 0 amide bonds. The van der Waals surface area contributed by atoms with Gasteiger partial charge in [-0.3, -0.25) is 0 Å². The molecule has 1 saturated heterocycles. The number of rotatable bonds is 10. The van der Waals surface area contributed by atoms with Crippen LogP contribution in [-0.4, -0.2) is 19.0 Å². The van der Waals surface area contributed by atoms with Crippen molar-refractivity contribution in [1.82, 2.24) is 0 Å². The first-order valence-electron chi connectivity index (χ1n) is 8.58. The van der Waals surface area contributed by atoms with Crippen molar-refractivity contribution >= 4 is 0 Å². The Balaban J connectivity index is 2.13. The third kappa shape index (κ3) is 6.76. The van der Waals surface area contributed by atoms with Crippen molar-refractivity contribution in [3.8, 4) is 0 Å². The van der Waals surface area contributed by atoms with Crippen molar-refractivity contribution in [2.24, 2.45) is 5.92 Å². The van der Waals surface area contributed by atoms with Gasteiger partial charge >= 0.3 is 0 Å². The van der Waals surface area contributed by atoms with E-state index in [2.05, 4.69) is 20.8 Å². The molecule has 114 valence electrons. The lowest BCUT2D eigenvalue weighted by atomic mass is 9.95. The number of hydrogen-bond donors (Lipinski definition) is 0. The molecule has 2 nitrogen and oxygen atoms in total. The van der Waals surface area contributed by atoms with Gasteiger partial charge in [-0.05, 0) is 25.7 Å². The zero-order valence-corrected chi connectivity index (χ0v) is 13.3. The van der Waals surface area contributed by atoms with Gasteiger partial charge in [0.2, 0.25) is 0 Å². The van der Waals surface area contributed by atoms with Crippen LogP contribution in [0.15, 0.2) is 0 Å². The Kier molecular flexibility index (Phi) is 9.54. The minimum absolute atomic E-state index is 0.0746. The Morgan fingerprint density at radius 3 is 2.26 bits per heavy atom. The number of hydrogen-bond acceptors (Lipinski definition) is 2. The highest BCUT2D eigenvalue weighted by molar-refractivity contribution is 4.73. The van der Waals surface area contributed by atoms with Gasteiger partial charge in [0.25, 0.3) is 0 Å². The van der Waals surface area contributed by atoms with Crippen molar-refractivity contribution in [1.29, 1.82) is 0 Å². The molecule has 0 aromatic heterocycles. The summed E-state index contributed by atoms with van der Waals surface area (Å²) in [7, 11) is 0. The zero-order chi connectivity index (χ0) is 13.9. The van der Waals surface area contributed by atoms with E-state index >= 15 is 0 Å². The average Bonchev–Trinajstić information content (AvgIpc) is 2.43. The first-order chi connectivity index (χ1) is 9.31. The van der Waals surface area contributed by atoms with Crippen LogP contribution in [0.5, 0.6) is 0 Å². The molecule has 1 fully saturated rings. The van der Waals surface area contributed by atoms with Crippen LogP contribution in [0.25, 0.3) is 0 Å². The molecule has 0 bridgehead atoms. The Morgan fingerprint density at radius 1 is 0.842 bits per heavy atom. The highest BCUT2D eigenvalue weighted by Gasteiger charge is 2.29. The minimum atomic E-state index is 0.0746. The maximum absolute atomic E-state index is 6.14. The Morgan fingerprint density at radius 2 is 1.58 bits per heavy atom. The van der Waals surface area contributed by atoms with Crippen LogP contribution in [-0.2, 0) is 9.47 Å². The Hall–Kier alpha value is -0.0800. The summed E-state index contributed by atoms with van der Waals surface area (Å²) in [4.78, 5) is 0. The summed E-state index contributed by atoms with van der Waals surface area (Å²) in [6, 6.07) is 0. The maximum Gasteiger partial charge on any atom is 0.157 e. The van der Waals surface area contributed by atoms with Gasteiger partial charge < -0.3 is 9.47 Å². The second-order valence-corrected chi connectivity index (χ2v) is 5.95. The molecule has 1 aliphatic rings. The topological polar surface area (TPSA) is 18.5 Å². The third-order valence-corrected chi connectivity index (χ3v) is 4.24. The van der Waals surface area contributed by atoms with Gasteiger partial charge in [0.15, 0.2) is 6.29 Å². The van der Waals surface area contributed by atoms with E-state index in [1.807, 2.05) is 0 Å². The maximum atomic E-state index is 6.14. The number of unbranched alkanes of at least 4 members (excludes halogenated alkanes) is 5. The van der Waals surface area contributed by atoms with Crippen LogP contribution >= 0.6 is 0 Å². The van der Waals surface area contributed by atoms with Gasteiger partial charge in [0.05, 0.1) is 12.7 Å². The zero-order valence-electron chi connectivity index (χ0n) is 13.3. The van der Waals surface area contributed by atoms with Crippen molar-refractivity contribution in [3.63, 3.8) is 0 Å². The molecule has 1 rings (SSSR count). The monoisotopic (exact) mass is 270 g/mol. The van der Waals surface area contributed by atoms with E-state index < -0.39 is 0 Å². The van der Waals surface area contributed by atoms with Crippen LogP contribution in [0, 0.1) is 5.92 Å². The Labute approximate surface area is 120 Å². The molecular weight excluding hydrogens is 236 g/mol. The summed E-state index contributed by atoms with van der Waals surface area (Å²) < 4.78 is 12.0. The highest BCUT2D eigenvalue weighted by Crippen LogP contribution is 2.27. The Bertz CT molecular complexity index is 205. The summed E-state index contributed by atoms with van der Waals surface area (Å²) in [5, 5.41) is 0. The first-order valence-corrected chi connectivity index (χ1v) is 8.58. The second kappa shape index (κ2) is 10.7. The van der Waals surface area contributed by atoms with Crippen LogP contribution in [0.2, 0.25) is 0 Å². The lowest BCUT2D eigenvalue weighted by Crippen LogP contribution is -2.39. The van der Waals surface area contributed by atoms with Gasteiger partial charge in [-0.25, -0.2) is 0 Å². The molecule has 0 N–H and O–H groups in total. The summed E-state index contributed by atoms with van der Waals surface area (Å²) >= 11 is 0. The van der Waals surface area contributed by atoms with Gasteiger partial charge in [-0.1, -0.05) is 59.3 Å². The molecular formula is C17H34O2. The lowest BCUT2D eigenvalue weighted by molar-refractivity contribution is -0.240. The summed E-state index contributed by atoms with van der Waals surface area (Å²) in [6.45, 7) is 7.66. The molecule has 0 unspecified atom stereocenters. The van der Waals surface area contributed by atoms with E-state index in [1.54, 1.807) is 0 Å². The van der Waals surface area contributed by atoms with E-state index in [9.17, 15) is 0 Å². The molecule has 0 aromatic rings. The van der Waals surface area contributed by atoms with Crippen LogP contribution in [0.1, 0.15) is 85.0 Å². The quantitative estimate of drug-likeness (QED) is 0.501. The van der Waals surface area contributed by atoms with E-state index in [0.717, 1.165) is 13.0 Å². The van der Waals surface area contributed by atoms with Gasteiger partial charge in [0, 0.05) is 5.92 Å². The molecule has 3 atom stereocenters. The van der Waals surface area contributed by atoms with Crippen LogP contribution in [0.4, 0.5) is 0 Å². The van der Waals surface area contributed by atoms with Gasteiger partial charge in [-0.2, -0.15) is 0 Å². The molecule has 0 spiro atoms. The molecule has 0 aromatic carbocycles. The number of ether oxygens (including phenoxy) is 2. The van der Waals surface area contributed by atoms with Crippen molar-refractivity contribution in [2.75, 3.05) is 6.61 Å². The highest BCUT2D eigenvalue weighted by atomic mass is 16.7. The van der Waals surface area contributed by atoms with Gasteiger partial charge in [-0.15, -0.1) is 0 Å². The van der Waals surface area contributed by atoms with E-state index in [4.69, 9.17) is 9.47 Å². The fourth-order valence-corrected chi connectivity index (χ4v) is 2.90. The van der Waals surface area contributed by atoms with Crippen molar-refractivity contribution in [2.45, 2.75) is 97.4 Å². The second-order valence-electron chi connectivity index (χ2n) is 5.95. The normalized spacial score (nSPS) is 27.6. The van der Waals surface area contributed by atoms with E-state index in [-0.39, 0.29) is 6.29 Å². The van der Waals surface area contributed by atoms with Crippen LogP contribution in [0.3, 0.4) is 0 Å². The van der Waals surface area contributed by atoms with Crippen molar-refractivity contribution in [3.05, 3.63) is 0 Å². The molecule has 0 radical (unpaired) electrons. The molecule has 2 heteroatoms. The molecule has 1 heterocycles. The fraction of sp³-hybridized carbons (Fsp3) is 1.00. The SMILES string of the molecule is CCCCCCCC[C@@H]1OC[C@@H](CC)[C@H](CCC)O1. The van der Waals surface area contributed by atoms with E-state index in [1.165, 1.54) is 57.8 Å². The lowest BCUT2D eigenvalue weighted by Gasteiger charge is -2.36. The molecule has 0 aliphatic carbocycles. The predicted molar refractivity (Wildman–Crippen MR) is 81.3 cm³/mol. The van der Waals surface area contributed by atoms with Crippen molar-refractivity contribution < 1.29 is 9.47 Å². The summed E-state index contributed by atoms with van der Waals surface area (Å²) in [6.07, 6.45) is 13.2. The third-order valence-electron chi connectivity index (χ3n) is 4.24. The predicted octanol–water partition coefficient (Wildman–Crippen LogP) is 5.30. The molecule has 19 heavy (non-hydrogen) atoms. The fourth-order valence-electron chi connectivity index (χ4n) is 2.90.